The quantitative estimate of drug-likeness (QED) is 0.687. The number of carboxylic acid groups (broad SMARTS) is 1. The van der Waals surface area contributed by atoms with E-state index >= 15 is 0 Å². The van der Waals surface area contributed by atoms with Gasteiger partial charge in [-0.2, -0.15) is 0 Å². The lowest BCUT2D eigenvalue weighted by Gasteiger charge is -2.19. The Kier molecular flexibility index (Phi) is 7.01. The first-order valence-electron chi connectivity index (χ1n) is 7.27. The van der Waals surface area contributed by atoms with Crippen molar-refractivity contribution < 1.29 is 9.90 Å². The molecule has 0 saturated carbocycles. The lowest BCUT2D eigenvalue weighted by molar-refractivity contribution is 0.0697. The lowest BCUT2D eigenvalue weighted by Crippen LogP contribution is -2.19. The second-order valence-corrected chi connectivity index (χ2v) is 5.01. The smallest absolute Gasteiger partial charge is 0.335 e. The first-order valence-corrected chi connectivity index (χ1v) is 7.27. The second-order valence-electron chi connectivity index (χ2n) is 5.01. The minimum atomic E-state index is -0.875. The predicted octanol–water partition coefficient (Wildman–Crippen LogP) is 4.55. The van der Waals surface area contributed by atoms with Gasteiger partial charge in [0.2, 0.25) is 0 Å². The van der Waals surface area contributed by atoms with Gasteiger partial charge < -0.3 is 10.4 Å². The number of unbranched alkanes of at least 4 members (excludes halogenated alkanes) is 2. The number of carboxylic acids is 1. The molecule has 1 aromatic carbocycles. The summed E-state index contributed by atoms with van der Waals surface area (Å²) in [7, 11) is 0. The summed E-state index contributed by atoms with van der Waals surface area (Å²) < 4.78 is 0. The Bertz CT molecular complexity index is 365. The van der Waals surface area contributed by atoms with Crippen LogP contribution in [0.4, 0.5) is 5.69 Å². The van der Waals surface area contributed by atoms with Crippen LogP contribution >= 0.6 is 0 Å². The van der Waals surface area contributed by atoms with E-state index in [4.69, 9.17) is 5.11 Å². The molecular weight excluding hydrogens is 238 g/mol. The van der Waals surface area contributed by atoms with E-state index in [2.05, 4.69) is 19.2 Å². The summed E-state index contributed by atoms with van der Waals surface area (Å²) in [5.41, 5.74) is 1.35. The van der Waals surface area contributed by atoms with Gasteiger partial charge in [0.15, 0.2) is 0 Å². The maximum atomic E-state index is 10.8. The van der Waals surface area contributed by atoms with Gasteiger partial charge >= 0.3 is 5.97 Å². The highest BCUT2D eigenvalue weighted by molar-refractivity contribution is 5.87. The standard InChI is InChI=1S/C16H25NO2/c1-3-5-7-14(8-6-4-2)17-15-11-9-13(10-12-15)16(18)19/h9-12,14,17H,3-8H2,1-2H3,(H,18,19). The number of hydrogen-bond acceptors (Lipinski definition) is 2. The third-order valence-electron chi connectivity index (χ3n) is 3.31. The summed E-state index contributed by atoms with van der Waals surface area (Å²) in [5, 5.41) is 12.4. The first kappa shape index (κ1) is 15.5. The maximum Gasteiger partial charge on any atom is 0.335 e. The lowest BCUT2D eigenvalue weighted by atomic mass is 10.0. The van der Waals surface area contributed by atoms with Gasteiger partial charge in [0, 0.05) is 11.7 Å². The molecular formula is C16H25NO2. The van der Waals surface area contributed by atoms with Crippen LogP contribution in [0.15, 0.2) is 24.3 Å². The Morgan fingerprint density at radius 2 is 1.63 bits per heavy atom. The van der Waals surface area contributed by atoms with Crippen LogP contribution in [0.2, 0.25) is 0 Å². The first-order chi connectivity index (χ1) is 9.17. The molecule has 1 rings (SSSR count). The summed E-state index contributed by atoms with van der Waals surface area (Å²) in [6.45, 7) is 4.41. The summed E-state index contributed by atoms with van der Waals surface area (Å²) in [4.78, 5) is 10.8. The Morgan fingerprint density at radius 1 is 1.11 bits per heavy atom. The Hall–Kier alpha value is -1.51. The van der Waals surface area contributed by atoms with Crippen LogP contribution in [-0.2, 0) is 0 Å². The van der Waals surface area contributed by atoms with E-state index in [1.807, 2.05) is 12.1 Å². The maximum absolute atomic E-state index is 10.8. The van der Waals surface area contributed by atoms with E-state index < -0.39 is 5.97 Å². The molecule has 0 radical (unpaired) electrons. The zero-order valence-corrected chi connectivity index (χ0v) is 12.0. The fraction of sp³-hybridized carbons (Fsp3) is 0.562. The van der Waals surface area contributed by atoms with Gasteiger partial charge in [0.1, 0.15) is 0 Å². The number of carbonyl (C=O) groups is 1. The average molecular weight is 263 g/mol. The highest BCUT2D eigenvalue weighted by atomic mass is 16.4. The highest BCUT2D eigenvalue weighted by Gasteiger charge is 2.08. The number of nitrogens with one attached hydrogen (secondary N) is 1. The Morgan fingerprint density at radius 3 is 2.05 bits per heavy atom. The SMILES string of the molecule is CCCCC(CCCC)Nc1ccc(C(=O)O)cc1. The zero-order chi connectivity index (χ0) is 14.1. The molecule has 0 atom stereocenters. The van der Waals surface area contributed by atoms with Crippen molar-refractivity contribution in [2.24, 2.45) is 0 Å². The molecule has 0 aliphatic carbocycles. The summed E-state index contributed by atoms with van der Waals surface area (Å²) in [6.07, 6.45) is 7.24. The fourth-order valence-corrected chi connectivity index (χ4v) is 2.13. The van der Waals surface area contributed by atoms with Crippen LogP contribution in [0.1, 0.15) is 62.7 Å². The molecule has 0 fully saturated rings. The molecule has 0 amide bonds. The third-order valence-corrected chi connectivity index (χ3v) is 3.31. The molecule has 19 heavy (non-hydrogen) atoms. The zero-order valence-electron chi connectivity index (χ0n) is 12.0. The van der Waals surface area contributed by atoms with E-state index in [9.17, 15) is 4.79 Å². The summed E-state index contributed by atoms with van der Waals surface area (Å²) in [5.74, 6) is -0.875. The number of hydrogen-bond donors (Lipinski definition) is 2. The summed E-state index contributed by atoms with van der Waals surface area (Å²) in [6, 6.07) is 7.52. The van der Waals surface area contributed by atoms with Crippen molar-refractivity contribution in [1.29, 1.82) is 0 Å². The number of aromatic carboxylic acids is 1. The predicted molar refractivity (Wildman–Crippen MR) is 79.9 cm³/mol. The number of benzene rings is 1. The van der Waals surface area contributed by atoms with Gasteiger partial charge in [-0.25, -0.2) is 4.79 Å². The number of rotatable bonds is 9. The highest BCUT2D eigenvalue weighted by Crippen LogP contribution is 2.16. The van der Waals surface area contributed by atoms with Crippen molar-refractivity contribution >= 4 is 11.7 Å². The van der Waals surface area contributed by atoms with Gasteiger partial charge in [-0.15, -0.1) is 0 Å². The van der Waals surface area contributed by atoms with E-state index in [0.29, 0.717) is 11.6 Å². The normalized spacial score (nSPS) is 10.7. The van der Waals surface area contributed by atoms with Gasteiger partial charge in [0.05, 0.1) is 5.56 Å². The van der Waals surface area contributed by atoms with Crippen molar-refractivity contribution in [3.05, 3.63) is 29.8 Å². The molecule has 106 valence electrons. The third kappa shape index (κ3) is 5.77. The Balaban J connectivity index is 2.58. The van der Waals surface area contributed by atoms with Crippen molar-refractivity contribution in [1.82, 2.24) is 0 Å². The molecule has 1 aromatic rings. The minimum absolute atomic E-state index is 0.337. The largest absolute Gasteiger partial charge is 0.478 e. The van der Waals surface area contributed by atoms with Crippen molar-refractivity contribution in [3.63, 3.8) is 0 Å². The van der Waals surface area contributed by atoms with Crippen LogP contribution in [0, 0.1) is 0 Å². The van der Waals surface area contributed by atoms with E-state index in [-0.39, 0.29) is 0 Å². The molecule has 2 N–H and O–H groups in total. The second kappa shape index (κ2) is 8.57. The Labute approximate surface area is 116 Å². The van der Waals surface area contributed by atoms with Crippen molar-refractivity contribution in [2.75, 3.05) is 5.32 Å². The van der Waals surface area contributed by atoms with Crippen LogP contribution in [-0.4, -0.2) is 17.1 Å². The van der Waals surface area contributed by atoms with E-state index in [1.165, 1.54) is 38.5 Å². The molecule has 0 spiro atoms. The average Bonchev–Trinajstić information content (AvgIpc) is 2.42. The number of anilines is 1. The molecule has 0 aromatic heterocycles. The molecule has 3 heteroatoms. The summed E-state index contributed by atoms with van der Waals surface area (Å²) >= 11 is 0. The van der Waals surface area contributed by atoms with Crippen molar-refractivity contribution in [3.8, 4) is 0 Å². The molecule has 3 nitrogen and oxygen atoms in total. The van der Waals surface area contributed by atoms with Crippen molar-refractivity contribution in [2.45, 2.75) is 58.4 Å². The van der Waals surface area contributed by atoms with Crippen LogP contribution < -0.4 is 5.32 Å². The topological polar surface area (TPSA) is 49.3 Å². The molecule has 0 saturated heterocycles. The minimum Gasteiger partial charge on any atom is -0.478 e. The van der Waals surface area contributed by atoms with Gasteiger partial charge in [0.25, 0.3) is 0 Å². The van der Waals surface area contributed by atoms with E-state index in [0.717, 1.165) is 5.69 Å². The molecule has 0 bridgehead atoms. The molecule has 0 heterocycles. The van der Waals surface area contributed by atoms with Gasteiger partial charge in [-0.3, -0.25) is 0 Å². The molecule has 0 aliphatic heterocycles. The fourth-order valence-electron chi connectivity index (χ4n) is 2.13. The molecule has 0 aliphatic rings. The molecule has 0 unspecified atom stereocenters. The van der Waals surface area contributed by atoms with E-state index in [1.54, 1.807) is 12.1 Å². The van der Waals surface area contributed by atoms with Gasteiger partial charge in [-0.1, -0.05) is 39.5 Å². The van der Waals surface area contributed by atoms with Crippen LogP contribution in [0.5, 0.6) is 0 Å². The van der Waals surface area contributed by atoms with Gasteiger partial charge in [-0.05, 0) is 37.1 Å². The van der Waals surface area contributed by atoms with Crippen LogP contribution in [0.3, 0.4) is 0 Å². The van der Waals surface area contributed by atoms with Crippen LogP contribution in [0.25, 0.3) is 0 Å². The monoisotopic (exact) mass is 263 g/mol.